The highest BCUT2D eigenvalue weighted by Crippen LogP contribution is 2.55. The Kier molecular flexibility index (Phi) is 9.57. The van der Waals surface area contributed by atoms with Gasteiger partial charge in [0.2, 0.25) is 0 Å². The molecule has 5 heteroatoms. The molecule has 0 spiro atoms. The third-order valence-electron chi connectivity index (χ3n) is 9.06. The highest BCUT2D eigenvalue weighted by atomic mass is 16.5. The molecular weight excluding hydrogens is 522 g/mol. The number of benzene rings is 3. The molecule has 5 rings (SSSR count). The number of ether oxygens (including phenoxy) is 3. The van der Waals surface area contributed by atoms with Gasteiger partial charge in [-0.2, -0.15) is 5.26 Å². The average Bonchev–Trinajstić information content (AvgIpc) is 3.02. The first-order chi connectivity index (χ1) is 20.4. The van der Waals surface area contributed by atoms with Crippen LogP contribution in [-0.2, 0) is 38.8 Å². The Morgan fingerprint density at radius 1 is 0.810 bits per heavy atom. The Bertz CT molecular complexity index is 1380. The molecule has 0 aromatic heterocycles. The number of nitrogens with zero attached hydrogens (tertiary/aromatic N) is 1. The van der Waals surface area contributed by atoms with Crippen molar-refractivity contribution in [3.63, 3.8) is 0 Å². The Balaban J connectivity index is 1.44. The van der Waals surface area contributed by atoms with Crippen molar-refractivity contribution >= 4 is 5.97 Å². The maximum absolute atomic E-state index is 13.5. The zero-order valence-electron chi connectivity index (χ0n) is 24.8. The van der Waals surface area contributed by atoms with Gasteiger partial charge in [-0.1, -0.05) is 118 Å². The number of hydrogen-bond donors (Lipinski definition) is 0. The van der Waals surface area contributed by atoms with Gasteiger partial charge in [0.15, 0.2) is 0 Å². The van der Waals surface area contributed by atoms with Gasteiger partial charge in [0, 0.05) is 5.92 Å². The average molecular weight is 564 g/mol. The number of esters is 1. The second-order valence-corrected chi connectivity index (χ2v) is 12.1. The molecule has 0 unspecified atom stereocenters. The summed E-state index contributed by atoms with van der Waals surface area (Å²) >= 11 is 0. The van der Waals surface area contributed by atoms with E-state index in [0.29, 0.717) is 26.1 Å². The third-order valence-corrected chi connectivity index (χ3v) is 9.06. The molecule has 0 N–H and O–H groups in total. The number of nitriles is 1. The lowest BCUT2D eigenvalue weighted by molar-refractivity contribution is -0.156. The summed E-state index contributed by atoms with van der Waals surface area (Å²) in [5, 5.41) is 10.7. The fourth-order valence-corrected chi connectivity index (χ4v) is 6.91. The summed E-state index contributed by atoms with van der Waals surface area (Å²) in [7, 11) is 0. The van der Waals surface area contributed by atoms with Crippen LogP contribution in [-0.4, -0.2) is 18.2 Å². The molecule has 1 fully saturated rings. The van der Waals surface area contributed by atoms with Crippen LogP contribution in [0.1, 0.15) is 50.3 Å². The van der Waals surface area contributed by atoms with Crippen molar-refractivity contribution < 1.29 is 19.0 Å². The van der Waals surface area contributed by atoms with Crippen LogP contribution in [0.5, 0.6) is 0 Å². The first-order valence-electron chi connectivity index (χ1n) is 15.1. The standard InChI is InChI=1S/C37H41NO4/c1-26-20-37(25-38)21-27(2)34(28(3)36(39)42-24-31-17-11-6-12-18-31)35(41-23-30-15-9-5-10-16-30)32(37)19-33(26)40-22-29-13-7-4-8-14-29/h4-19,26-28,33-35H,20-24H2,1-3H3/t26-,27+,28+,33-,34+,35+,37+/m1/s1. The Morgan fingerprint density at radius 3 is 1.86 bits per heavy atom. The van der Waals surface area contributed by atoms with Gasteiger partial charge in [-0.25, -0.2) is 0 Å². The number of carbonyl (C=O) groups excluding carboxylic acids is 1. The fourth-order valence-electron chi connectivity index (χ4n) is 6.91. The largest absolute Gasteiger partial charge is 0.461 e. The minimum absolute atomic E-state index is 0.0795. The van der Waals surface area contributed by atoms with E-state index in [0.717, 1.165) is 22.3 Å². The zero-order chi connectivity index (χ0) is 29.5. The summed E-state index contributed by atoms with van der Waals surface area (Å²) in [6.07, 6.45) is 2.96. The van der Waals surface area contributed by atoms with Crippen LogP contribution in [0.2, 0.25) is 0 Å². The molecule has 0 aliphatic heterocycles. The second kappa shape index (κ2) is 13.5. The van der Waals surface area contributed by atoms with E-state index in [1.54, 1.807) is 0 Å². The van der Waals surface area contributed by atoms with Crippen molar-refractivity contribution in [2.24, 2.45) is 29.1 Å². The normalized spacial score (nSPS) is 27.7. The lowest BCUT2D eigenvalue weighted by atomic mass is 9.55. The van der Waals surface area contributed by atoms with Crippen LogP contribution >= 0.6 is 0 Å². The van der Waals surface area contributed by atoms with Crippen molar-refractivity contribution in [1.82, 2.24) is 0 Å². The van der Waals surface area contributed by atoms with E-state index in [4.69, 9.17) is 14.2 Å². The quantitative estimate of drug-likeness (QED) is 0.187. The van der Waals surface area contributed by atoms with Crippen molar-refractivity contribution in [2.75, 3.05) is 0 Å². The van der Waals surface area contributed by atoms with Crippen molar-refractivity contribution in [2.45, 2.75) is 65.6 Å². The predicted octanol–water partition coefficient (Wildman–Crippen LogP) is 7.67. The van der Waals surface area contributed by atoms with Crippen LogP contribution in [0.3, 0.4) is 0 Å². The van der Waals surface area contributed by atoms with E-state index >= 15 is 0 Å². The Morgan fingerprint density at radius 2 is 1.31 bits per heavy atom. The molecule has 2 aliphatic rings. The maximum Gasteiger partial charge on any atom is 0.309 e. The molecule has 3 aromatic carbocycles. The first-order valence-corrected chi connectivity index (χ1v) is 15.1. The van der Waals surface area contributed by atoms with E-state index in [-0.39, 0.29) is 36.4 Å². The van der Waals surface area contributed by atoms with Crippen molar-refractivity contribution in [3.05, 3.63) is 119 Å². The van der Waals surface area contributed by atoms with Gasteiger partial charge in [0.1, 0.15) is 6.61 Å². The summed E-state index contributed by atoms with van der Waals surface area (Å²) in [5.41, 5.74) is 3.43. The monoisotopic (exact) mass is 563 g/mol. The van der Waals surface area contributed by atoms with Gasteiger partial charge < -0.3 is 14.2 Å². The molecule has 2 aliphatic carbocycles. The summed E-state index contributed by atoms with van der Waals surface area (Å²) in [6, 6.07) is 32.7. The molecule has 42 heavy (non-hydrogen) atoms. The molecule has 5 nitrogen and oxygen atoms in total. The van der Waals surface area contributed by atoms with Gasteiger partial charge in [-0.15, -0.1) is 0 Å². The van der Waals surface area contributed by atoms with E-state index in [2.05, 4.69) is 38.1 Å². The second-order valence-electron chi connectivity index (χ2n) is 12.1. The number of fused-ring (bicyclic) bond motifs is 1. The molecule has 1 saturated carbocycles. The molecule has 7 atom stereocenters. The van der Waals surface area contributed by atoms with E-state index in [9.17, 15) is 10.1 Å². The van der Waals surface area contributed by atoms with Gasteiger partial charge in [0.25, 0.3) is 0 Å². The lowest BCUT2D eigenvalue weighted by Gasteiger charge is -2.51. The topological polar surface area (TPSA) is 68.6 Å². The third kappa shape index (κ3) is 6.67. The Hall–Kier alpha value is -3.72. The minimum atomic E-state index is -0.656. The van der Waals surface area contributed by atoms with Crippen molar-refractivity contribution in [3.8, 4) is 6.07 Å². The number of rotatable bonds is 10. The number of hydrogen-bond acceptors (Lipinski definition) is 5. The molecular formula is C37H41NO4. The van der Waals surface area contributed by atoms with Gasteiger partial charge in [0.05, 0.1) is 42.8 Å². The van der Waals surface area contributed by atoms with Crippen LogP contribution in [0.15, 0.2) is 103 Å². The van der Waals surface area contributed by atoms with E-state index < -0.39 is 17.4 Å². The van der Waals surface area contributed by atoms with Crippen LogP contribution < -0.4 is 0 Å². The maximum atomic E-state index is 13.5. The van der Waals surface area contributed by atoms with Crippen LogP contribution in [0.25, 0.3) is 0 Å². The van der Waals surface area contributed by atoms with Crippen LogP contribution in [0.4, 0.5) is 0 Å². The first kappa shape index (κ1) is 29.8. The summed E-state index contributed by atoms with van der Waals surface area (Å²) in [6.45, 7) is 7.40. The van der Waals surface area contributed by atoms with Crippen molar-refractivity contribution in [1.29, 1.82) is 5.26 Å². The summed E-state index contributed by atoms with van der Waals surface area (Å²) in [5.74, 6) is -0.548. The Labute approximate surface area is 250 Å². The van der Waals surface area contributed by atoms with E-state index in [1.807, 2.05) is 85.8 Å². The number of carbonyl (C=O) groups is 1. The molecule has 0 saturated heterocycles. The smallest absolute Gasteiger partial charge is 0.309 e. The molecule has 0 heterocycles. The van der Waals surface area contributed by atoms with Crippen LogP contribution in [0, 0.1) is 40.4 Å². The molecule has 0 radical (unpaired) electrons. The van der Waals surface area contributed by atoms with Gasteiger partial charge in [-0.3, -0.25) is 4.79 Å². The highest BCUT2D eigenvalue weighted by Gasteiger charge is 2.54. The summed E-state index contributed by atoms with van der Waals surface area (Å²) in [4.78, 5) is 13.5. The molecule has 3 aromatic rings. The highest BCUT2D eigenvalue weighted by molar-refractivity contribution is 5.72. The molecule has 218 valence electrons. The van der Waals surface area contributed by atoms with Gasteiger partial charge >= 0.3 is 5.97 Å². The molecule has 0 amide bonds. The minimum Gasteiger partial charge on any atom is -0.461 e. The predicted molar refractivity (Wildman–Crippen MR) is 163 cm³/mol. The fraction of sp³-hybridized carbons (Fsp3) is 0.405. The lowest BCUT2D eigenvalue weighted by Crippen LogP contribution is -2.52. The summed E-state index contributed by atoms with van der Waals surface area (Å²) < 4.78 is 19.0. The SMILES string of the molecule is C[C@@H]1C[C@@]2(C#N)C[C@H](C)[C@@H]([C@H](C)C(=O)OCc3ccccc3)[C@@H](OCc3ccccc3)C2=C[C@H]1OCc1ccccc1. The van der Waals surface area contributed by atoms with Gasteiger partial charge in [-0.05, 0) is 46.9 Å². The molecule has 0 bridgehead atoms. The van der Waals surface area contributed by atoms with E-state index in [1.165, 1.54) is 0 Å². The zero-order valence-corrected chi connectivity index (χ0v) is 24.8.